The standard InChI is InChI=1S/C10H16N2O2/c1-14-5-3-9(13)6-8-7-12-4-2-10(8)11/h2,4,7,9,13H,3,5-6H2,1H3,(H2,11,12). The number of methoxy groups -OCH3 is 1. The Hall–Kier alpha value is -1.13. The number of nitrogens with zero attached hydrogens (tertiary/aromatic N) is 1. The van der Waals surface area contributed by atoms with Crippen molar-refractivity contribution < 1.29 is 9.84 Å². The maximum Gasteiger partial charge on any atom is 0.0603 e. The third-order valence-electron chi connectivity index (χ3n) is 2.05. The van der Waals surface area contributed by atoms with Gasteiger partial charge in [0.1, 0.15) is 0 Å². The topological polar surface area (TPSA) is 68.4 Å². The van der Waals surface area contributed by atoms with Crippen molar-refractivity contribution in [3.05, 3.63) is 24.0 Å². The lowest BCUT2D eigenvalue weighted by molar-refractivity contribution is 0.110. The van der Waals surface area contributed by atoms with E-state index in [9.17, 15) is 5.11 Å². The van der Waals surface area contributed by atoms with Gasteiger partial charge in [-0.15, -0.1) is 0 Å². The Morgan fingerprint density at radius 2 is 2.43 bits per heavy atom. The average Bonchev–Trinajstić information content (AvgIpc) is 2.18. The fraction of sp³-hybridized carbons (Fsp3) is 0.500. The van der Waals surface area contributed by atoms with Gasteiger partial charge in [-0.2, -0.15) is 0 Å². The molecule has 1 atom stereocenters. The van der Waals surface area contributed by atoms with Gasteiger partial charge in [0.2, 0.25) is 0 Å². The molecule has 1 heterocycles. The number of ether oxygens (including phenoxy) is 1. The van der Waals surface area contributed by atoms with Crippen molar-refractivity contribution >= 4 is 5.69 Å². The van der Waals surface area contributed by atoms with E-state index in [-0.39, 0.29) is 0 Å². The second-order valence-corrected chi connectivity index (χ2v) is 3.21. The van der Waals surface area contributed by atoms with Crippen LogP contribution in [0.5, 0.6) is 0 Å². The molecule has 0 saturated carbocycles. The Kier molecular flexibility index (Phi) is 4.35. The summed E-state index contributed by atoms with van der Waals surface area (Å²) in [5.74, 6) is 0. The van der Waals surface area contributed by atoms with Crippen molar-refractivity contribution in [2.45, 2.75) is 18.9 Å². The number of anilines is 1. The number of nitrogen functional groups attached to an aromatic ring is 1. The molecule has 1 unspecified atom stereocenters. The van der Waals surface area contributed by atoms with E-state index in [2.05, 4.69) is 4.98 Å². The van der Waals surface area contributed by atoms with Crippen LogP contribution in [0.3, 0.4) is 0 Å². The van der Waals surface area contributed by atoms with Crippen molar-refractivity contribution in [3.63, 3.8) is 0 Å². The Morgan fingerprint density at radius 3 is 3.07 bits per heavy atom. The highest BCUT2D eigenvalue weighted by Gasteiger charge is 2.07. The van der Waals surface area contributed by atoms with E-state index in [1.165, 1.54) is 0 Å². The molecule has 0 aliphatic heterocycles. The van der Waals surface area contributed by atoms with Crippen LogP contribution in [0.4, 0.5) is 5.69 Å². The molecule has 4 heteroatoms. The monoisotopic (exact) mass is 196 g/mol. The molecule has 0 aromatic carbocycles. The van der Waals surface area contributed by atoms with Crippen LogP contribution >= 0.6 is 0 Å². The minimum Gasteiger partial charge on any atom is -0.398 e. The molecule has 4 nitrogen and oxygen atoms in total. The van der Waals surface area contributed by atoms with Crippen molar-refractivity contribution in [2.24, 2.45) is 0 Å². The molecule has 3 N–H and O–H groups in total. The van der Waals surface area contributed by atoms with Crippen LogP contribution < -0.4 is 5.73 Å². The number of hydrogen-bond acceptors (Lipinski definition) is 4. The Balaban J connectivity index is 2.47. The number of nitrogens with two attached hydrogens (primary N) is 1. The van der Waals surface area contributed by atoms with Crippen LogP contribution in [0.15, 0.2) is 18.5 Å². The molecule has 0 aliphatic rings. The predicted molar refractivity (Wildman–Crippen MR) is 54.9 cm³/mol. The minimum absolute atomic E-state index is 0.415. The third kappa shape index (κ3) is 3.32. The van der Waals surface area contributed by atoms with Crippen LogP contribution in [0, 0.1) is 0 Å². The third-order valence-corrected chi connectivity index (χ3v) is 2.05. The van der Waals surface area contributed by atoms with Gasteiger partial charge >= 0.3 is 0 Å². The second-order valence-electron chi connectivity index (χ2n) is 3.21. The summed E-state index contributed by atoms with van der Waals surface area (Å²) in [5.41, 5.74) is 7.28. The molecule has 78 valence electrons. The zero-order chi connectivity index (χ0) is 10.4. The molecule has 0 aliphatic carbocycles. The summed E-state index contributed by atoms with van der Waals surface area (Å²) in [5, 5.41) is 9.59. The van der Waals surface area contributed by atoms with Gasteiger partial charge in [-0.3, -0.25) is 4.98 Å². The van der Waals surface area contributed by atoms with Crippen LogP contribution in [0.1, 0.15) is 12.0 Å². The molecule has 14 heavy (non-hydrogen) atoms. The fourth-order valence-electron chi connectivity index (χ4n) is 1.22. The van der Waals surface area contributed by atoms with Crippen molar-refractivity contribution in [1.82, 2.24) is 4.98 Å². The summed E-state index contributed by atoms with van der Waals surface area (Å²) >= 11 is 0. The lowest BCUT2D eigenvalue weighted by atomic mass is 10.1. The molecule has 0 amide bonds. The fourth-order valence-corrected chi connectivity index (χ4v) is 1.22. The van der Waals surface area contributed by atoms with Gasteiger partial charge in [0.15, 0.2) is 0 Å². The van der Waals surface area contributed by atoms with E-state index in [4.69, 9.17) is 10.5 Å². The summed E-state index contributed by atoms with van der Waals surface area (Å²) in [7, 11) is 1.62. The quantitative estimate of drug-likeness (QED) is 0.723. The molecule has 0 spiro atoms. The summed E-state index contributed by atoms with van der Waals surface area (Å²) < 4.78 is 4.87. The molecule has 1 aromatic rings. The first-order valence-corrected chi connectivity index (χ1v) is 4.59. The maximum absolute atomic E-state index is 9.59. The highest BCUT2D eigenvalue weighted by atomic mass is 16.5. The summed E-state index contributed by atoms with van der Waals surface area (Å²) in [4.78, 5) is 3.96. The first-order valence-electron chi connectivity index (χ1n) is 4.59. The van der Waals surface area contributed by atoms with Gasteiger partial charge in [0.05, 0.1) is 6.10 Å². The van der Waals surface area contributed by atoms with E-state index in [1.807, 2.05) is 0 Å². The van der Waals surface area contributed by atoms with Gasteiger partial charge in [-0.1, -0.05) is 0 Å². The molecular formula is C10H16N2O2. The Labute approximate surface area is 83.7 Å². The zero-order valence-electron chi connectivity index (χ0n) is 8.31. The van der Waals surface area contributed by atoms with E-state index in [0.717, 1.165) is 5.56 Å². The molecule has 0 fully saturated rings. The summed E-state index contributed by atoms with van der Waals surface area (Å²) in [6.07, 6.45) is 4.06. The Bertz CT molecular complexity index is 279. The summed E-state index contributed by atoms with van der Waals surface area (Å²) in [6, 6.07) is 1.73. The van der Waals surface area contributed by atoms with E-state index < -0.39 is 6.10 Å². The number of aliphatic hydroxyl groups is 1. The van der Waals surface area contributed by atoms with E-state index in [0.29, 0.717) is 25.1 Å². The first-order chi connectivity index (χ1) is 6.74. The number of aliphatic hydroxyl groups excluding tert-OH is 1. The van der Waals surface area contributed by atoms with Crippen molar-refractivity contribution in [3.8, 4) is 0 Å². The molecule has 0 radical (unpaired) electrons. The Morgan fingerprint density at radius 1 is 1.64 bits per heavy atom. The SMILES string of the molecule is COCCC(O)Cc1cnccc1N. The zero-order valence-corrected chi connectivity index (χ0v) is 8.31. The van der Waals surface area contributed by atoms with Gasteiger partial charge in [0.25, 0.3) is 0 Å². The molecule has 1 aromatic heterocycles. The van der Waals surface area contributed by atoms with E-state index in [1.54, 1.807) is 25.6 Å². The maximum atomic E-state index is 9.59. The van der Waals surface area contributed by atoms with Gasteiger partial charge in [-0.25, -0.2) is 0 Å². The summed E-state index contributed by atoms with van der Waals surface area (Å²) in [6.45, 7) is 0.557. The van der Waals surface area contributed by atoms with Crippen LogP contribution in [-0.4, -0.2) is 29.9 Å². The minimum atomic E-state index is -0.415. The van der Waals surface area contributed by atoms with Crippen molar-refractivity contribution in [2.75, 3.05) is 19.5 Å². The number of aromatic nitrogens is 1. The lowest BCUT2D eigenvalue weighted by Gasteiger charge is -2.10. The predicted octanol–water partition coefficient (Wildman–Crippen LogP) is 0.604. The van der Waals surface area contributed by atoms with Crippen LogP contribution in [0.2, 0.25) is 0 Å². The highest BCUT2D eigenvalue weighted by Crippen LogP contribution is 2.12. The molecule has 1 rings (SSSR count). The number of pyridine rings is 1. The van der Waals surface area contributed by atoms with Gasteiger partial charge in [0, 0.05) is 38.2 Å². The van der Waals surface area contributed by atoms with Gasteiger partial charge in [-0.05, 0) is 18.1 Å². The van der Waals surface area contributed by atoms with E-state index >= 15 is 0 Å². The molecule has 0 saturated heterocycles. The highest BCUT2D eigenvalue weighted by molar-refractivity contribution is 5.44. The first kappa shape index (κ1) is 10.9. The second kappa shape index (κ2) is 5.57. The van der Waals surface area contributed by atoms with Gasteiger partial charge < -0.3 is 15.6 Å². The average molecular weight is 196 g/mol. The van der Waals surface area contributed by atoms with Crippen LogP contribution in [0.25, 0.3) is 0 Å². The number of rotatable bonds is 5. The molecular weight excluding hydrogens is 180 g/mol. The number of hydrogen-bond donors (Lipinski definition) is 2. The largest absolute Gasteiger partial charge is 0.398 e. The normalized spacial score (nSPS) is 12.7. The molecule has 0 bridgehead atoms. The van der Waals surface area contributed by atoms with Crippen LogP contribution in [-0.2, 0) is 11.2 Å². The lowest BCUT2D eigenvalue weighted by Crippen LogP contribution is -2.14. The van der Waals surface area contributed by atoms with Crippen molar-refractivity contribution in [1.29, 1.82) is 0 Å². The smallest absolute Gasteiger partial charge is 0.0603 e.